The predicted molar refractivity (Wildman–Crippen MR) is 76.4 cm³/mol. The summed E-state index contributed by atoms with van der Waals surface area (Å²) in [5.41, 5.74) is 0.609. The number of aliphatic hydroxyl groups is 1. The lowest BCUT2D eigenvalue weighted by Gasteiger charge is -2.21. The highest BCUT2D eigenvalue weighted by Crippen LogP contribution is 2.26. The van der Waals surface area contributed by atoms with E-state index in [1.54, 1.807) is 17.8 Å². The number of carbonyl (C=O) groups is 1. The third kappa shape index (κ3) is 3.98. The number of H-pyrrole nitrogens is 1. The van der Waals surface area contributed by atoms with E-state index in [-0.39, 0.29) is 5.91 Å². The summed E-state index contributed by atoms with van der Waals surface area (Å²) in [4.78, 5) is 11.9. The van der Waals surface area contributed by atoms with Crippen molar-refractivity contribution in [1.82, 2.24) is 15.5 Å². The summed E-state index contributed by atoms with van der Waals surface area (Å²) in [5.74, 6) is 1.93. The van der Waals surface area contributed by atoms with E-state index in [4.69, 9.17) is 0 Å². The first-order valence-electron chi connectivity index (χ1n) is 6.61. The zero-order valence-corrected chi connectivity index (χ0v) is 12.2. The summed E-state index contributed by atoms with van der Waals surface area (Å²) >= 11 is 1.72. The van der Waals surface area contributed by atoms with Crippen molar-refractivity contribution in [3.63, 3.8) is 0 Å². The van der Waals surface area contributed by atoms with Crippen molar-refractivity contribution in [2.24, 2.45) is 5.92 Å². The molecule has 1 unspecified atom stereocenters. The van der Waals surface area contributed by atoms with Crippen molar-refractivity contribution >= 4 is 17.7 Å². The standard InChI is InChI=1S/C13H21N3O2S/c1-9(2)5-10-6-11(16-15-10)12(17)14-7-13(18)3-4-19-8-13/h6,9,18H,3-5,7-8H2,1-2H3,(H,14,17)(H,15,16). The maximum absolute atomic E-state index is 11.9. The molecule has 106 valence electrons. The second kappa shape index (κ2) is 5.96. The fourth-order valence-electron chi connectivity index (χ4n) is 2.09. The Morgan fingerprint density at radius 3 is 3.11 bits per heavy atom. The molecule has 2 heterocycles. The Morgan fingerprint density at radius 1 is 1.68 bits per heavy atom. The quantitative estimate of drug-likeness (QED) is 0.759. The Morgan fingerprint density at radius 2 is 2.47 bits per heavy atom. The van der Waals surface area contributed by atoms with Crippen molar-refractivity contribution in [2.75, 3.05) is 18.1 Å². The van der Waals surface area contributed by atoms with Crippen molar-refractivity contribution < 1.29 is 9.90 Å². The molecule has 3 N–H and O–H groups in total. The lowest BCUT2D eigenvalue weighted by molar-refractivity contribution is 0.0611. The van der Waals surface area contributed by atoms with Gasteiger partial charge in [0, 0.05) is 18.0 Å². The molecule has 0 aliphatic carbocycles. The summed E-state index contributed by atoms with van der Waals surface area (Å²) in [6, 6.07) is 1.78. The van der Waals surface area contributed by atoms with Gasteiger partial charge in [-0.3, -0.25) is 9.89 Å². The Bertz CT molecular complexity index is 439. The van der Waals surface area contributed by atoms with Gasteiger partial charge in [0.1, 0.15) is 5.69 Å². The normalized spacial score (nSPS) is 22.9. The molecule has 1 aliphatic heterocycles. The van der Waals surface area contributed by atoms with Gasteiger partial charge in [-0.15, -0.1) is 0 Å². The van der Waals surface area contributed by atoms with E-state index in [0.717, 1.165) is 24.3 Å². The van der Waals surface area contributed by atoms with Crippen LogP contribution in [-0.2, 0) is 6.42 Å². The van der Waals surface area contributed by atoms with Gasteiger partial charge >= 0.3 is 0 Å². The number of hydrogen-bond acceptors (Lipinski definition) is 4. The predicted octanol–water partition coefficient (Wildman–Crippen LogP) is 1.21. The number of carbonyl (C=O) groups excluding carboxylic acids is 1. The van der Waals surface area contributed by atoms with Crippen LogP contribution in [0.5, 0.6) is 0 Å². The average molecular weight is 283 g/mol. The van der Waals surface area contributed by atoms with Gasteiger partial charge in [0.25, 0.3) is 5.91 Å². The zero-order chi connectivity index (χ0) is 13.9. The van der Waals surface area contributed by atoms with Gasteiger partial charge in [0.15, 0.2) is 0 Å². The first kappa shape index (κ1) is 14.4. The van der Waals surface area contributed by atoms with Gasteiger partial charge in [0.05, 0.1) is 5.60 Å². The van der Waals surface area contributed by atoms with E-state index < -0.39 is 5.60 Å². The number of hydrogen-bond donors (Lipinski definition) is 3. The molecule has 0 radical (unpaired) electrons. The van der Waals surface area contributed by atoms with Crippen molar-refractivity contribution in [3.8, 4) is 0 Å². The molecule has 0 saturated carbocycles. The lowest BCUT2D eigenvalue weighted by Crippen LogP contribution is -2.43. The van der Waals surface area contributed by atoms with E-state index in [1.807, 2.05) is 0 Å². The molecule has 0 spiro atoms. The van der Waals surface area contributed by atoms with Crippen LogP contribution in [0.1, 0.15) is 36.5 Å². The molecule has 5 nitrogen and oxygen atoms in total. The molecule has 1 saturated heterocycles. The van der Waals surface area contributed by atoms with Crippen LogP contribution in [0.2, 0.25) is 0 Å². The number of thioether (sulfide) groups is 1. The fraction of sp³-hybridized carbons (Fsp3) is 0.692. The average Bonchev–Trinajstić information content (AvgIpc) is 2.95. The zero-order valence-electron chi connectivity index (χ0n) is 11.4. The second-order valence-electron chi connectivity index (χ2n) is 5.59. The number of rotatable bonds is 5. The fourth-order valence-corrected chi connectivity index (χ4v) is 3.39. The van der Waals surface area contributed by atoms with Crippen LogP contribution in [0.4, 0.5) is 0 Å². The molecule has 6 heteroatoms. The molecule has 19 heavy (non-hydrogen) atoms. The highest BCUT2D eigenvalue weighted by Gasteiger charge is 2.32. The highest BCUT2D eigenvalue weighted by atomic mass is 32.2. The summed E-state index contributed by atoms with van der Waals surface area (Å²) in [7, 11) is 0. The lowest BCUT2D eigenvalue weighted by atomic mass is 10.0. The van der Waals surface area contributed by atoms with Gasteiger partial charge in [-0.2, -0.15) is 16.9 Å². The number of nitrogens with zero attached hydrogens (tertiary/aromatic N) is 1. The van der Waals surface area contributed by atoms with Gasteiger partial charge in [0.2, 0.25) is 0 Å². The van der Waals surface area contributed by atoms with Crippen molar-refractivity contribution in [2.45, 2.75) is 32.3 Å². The van der Waals surface area contributed by atoms with Crippen molar-refractivity contribution in [3.05, 3.63) is 17.5 Å². The Hall–Kier alpha value is -1.01. The maximum atomic E-state index is 11.9. The smallest absolute Gasteiger partial charge is 0.271 e. The van der Waals surface area contributed by atoms with E-state index in [0.29, 0.717) is 23.9 Å². The Balaban J connectivity index is 1.87. The van der Waals surface area contributed by atoms with Crippen LogP contribution >= 0.6 is 11.8 Å². The largest absolute Gasteiger partial charge is 0.387 e. The van der Waals surface area contributed by atoms with E-state index >= 15 is 0 Å². The van der Waals surface area contributed by atoms with Crippen LogP contribution in [0, 0.1) is 5.92 Å². The van der Waals surface area contributed by atoms with Gasteiger partial charge in [-0.25, -0.2) is 0 Å². The molecule has 1 aromatic heterocycles. The molecule has 1 fully saturated rings. The molecule has 1 atom stereocenters. The molecular formula is C13H21N3O2S. The second-order valence-corrected chi connectivity index (χ2v) is 6.69. The summed E-state index contributed by atoms with van der Waals surface area (Å²) in [5, 5.41) is 19.8. The molecule has 2 rings (SSSR count). The van der Waals surface area contributed by atoms with E-state index in [9.17, 15) is 9.90 Å². The molecule has 0 aromatic carbocycles. The molecular weight excluding hydrogens is 262 g/mol. The van der Waals surface area contributed by atoms with Gasteiger partial charge in [-0.05, 0) is 30.6 Å². The number of aromatic nitrogens is 2. The third-order valence-corrected chi connectivity index (χ3v) is 4.39. The van der Waals surface area contributed by atoms with E-state index in [2.05, 4.69) is 29.4 Å². The van der Waals surface area contributed by atoms with Crippen LogP contribution in [0.15, 0.2) is 6.07 Å². The third-order valence-electron chi connectivity index (χ3n) is 3.15. The monoisotopic (exact) mass is 283 g/mol. The first-order chi connectivity index (χ1) is 8.98. The van der Waals surface area contributed by atoms with Crippen LogP contribution in [0.25, 0.3) is 0 Å². The highest BCUT2D eigenvalue weighted by molar-refractivity contribution is 7.99. The maximum Gasteiger partial charge on any atom is 0.271 e. The van der Waals surface area contributed by atoms with Gasteiger partial charge in [-0.1, -0.05) is 13.8 Å². The summed E-state index contributed by atoms with van der Waals surface area (Å²) in [6.07, 6.45) is 1.61. The molecule has 0 bridgehead atoms. The van der Waals surface area contributed by atoms with Crippen LogP contribution in [-0.4, -0.2) is 44.9 Å². The molecule has 1 aliphatic rings. The van der Waals surface area contributed by atoms with Crippen molar-refractivity contribution in [1.29, 1.82) is 0 Å². The molecule has 1 amide bonds. The van der Waals surface area contributed by atoms with Gasteiger partial charge < -0.3 is 10.4 Å². The first-order valence-corrected chi connectivity index (χ1v) is 7.77. The SMILES string of the molecule is CC(C)Cc1cc(C(=O)NCC2(O)CCSC2)n[nH]1. The number of aromatic amines is 1. The van der Waals surface area contributed by atoms with Crippen LogP contribution in [0.3, 0.4) is 0 Å². The van der Waals surface area contributed by atoms with Crippen LogP contribution < -0.4 is 5.32 Å². The van der Waals surface area contributed by atoms with E-state index in [1.165, 1.54) is 0 Å². The number of nitrogens with one attached hydrogen (secondary N) is 2. The minimum Gasteiger partial charge on any atom is -0.387 e. The minimum atomic E-state index is -0.753. The number of amides is 1. The topological polar surface area (TPSA) is 78.0 Å². The Kier molecular flexibility index (Phi) is 4.52. The summed E-state index contributed by atoms with van der Waals surface area (Å²) in [6.45, 7) is 4.53. The summed E-state index contributed by atoms with van der Waals surface area (Å²) < 4.78 is 0. The Labute approximate surface area is 117 Å². The molecule has 1 aromatic rings. The minimum absolute atomic E-state index is 0.225.